The number of benzene rings is 1. The number of methoxy groups -OCH3 is 1. The van der Waals surface area contributed by atoms with Crippen LogP contribution in [0.5, 0.6) is 5.75 Å². The Bertz CT molecular complexity index is 1100. The van der Waals surface area contributed by atoms with Crippen molar-refractivity contribution < 1.29 is 13.2 Å². The molecule has 142 valence electrons. The first kappa shape index (κ1) is 18.2. The smallest absolute Gasteiger partial charge is 0.252 e. The molecule has 1 N–H and O–H groups in total. The van der Waals surface area contributed by atoms with Gasteiger partial charge in [-0.15, -0.1) is 11.3 Å². The van der Waals surface area contributed by atoms with E-state index in [9.17, 15) is 8.42 Å². The largest absolute Gasteiger partial charge is 0.496 e. The van der Waals surface area contributed by atoms with Gasteiger partial charge >= 0.3 is 0 Å². The number of aromatic amines is 1. The lowest BCUT2D eigenvalue weighted by atomic mass is 10.1. The highest BCUT2D eigenvalue weighted by Gasteiger charge is 2.31. The highest BCUT2D eigenvalue weighted by atomic mass is 32.2. The van der Waals surface area contributed by atoms with Crippen molar-refractivity contribution in [3.63, 3.8) is 0 Å². The molecule has 0 amide bonds. The minimum atomic E-state index is -3.55. The van der Waals surface area contributed by atoms with Gasteiger partial charge in [-0.1, -0.05) is 11.6 Å². The number of H-pyrrole nitrogens is 1. The monoisotopic (exact) mass is 403 g/mol. The van der Waals surface area contributed by atoms with Crippen LogP contribution in [0.25, 0.3) is 10.4 Å². The zero-order valence-corrected chi connectivity index (χ0v) is 17.1. The minimum absolute atomic E-state index is 0.333. The van der Waals surface area contributed by atoms with Crippen molar-refractivity contribution in [1.82, 2.24) is 14.3 Å². The molecule has 0 aliphatic carbocycles. The van der Waals surface area contributed by atoms with Crippen LogP contribution in [0, 0.1) is 13.8 Å². The Morgan fingerprint density at radius 1 is 1.22 bits per heavy atom. The van der Waals surface area contributed by atoms with Crippen LogP contribution in [-0.2, 0) is 23.0 Å². The molecule has 0 bridgehead atoms. The number of ether oxygens (including phenoxy) is 1. The Labute approximate surface area is 162 Å². The number of nitrogens with one attached hydrogen (secondary N) is 1. The van der Waals surface area contributed by atoms with Gasteiger partial charge in [-0.25, -0.2) is 13.4 Å². The molecule has 0 spiro atoms. The standard InChI is InChI=1S/C19H21N3O3S2/c1-12-4-5-17(25-3)14(10-12)18-6-7-19(26-18)27(23,24)22-9-8-15-16(11-22)21-13(2)20-15/h4-7,10H,8-9,11H2,1-3H3,(H,20,21). The van der Waals surface area contributed by atoms with Crippen LogP contribution in [0.2, 0.25) is 0 Å². The highest BCUT2D eigenvalue weighted by molar-refractivity contribution is 7.91. The van der Waals surface area contributed by atoms with Gasteiger partial charge in [-0.3, -0.25) is 0 Å². The molecule has 0 unspecified atom stereocenters. The quantitative estimate of drug-likeness (QED) is 0.723. The maximum absolute atomic E-state index is 13.1. The maximum Gasteiger partial charge on any atom is 0.252 e. The summed E-state index contributed by atoms with van der Waals surface area (Å²) in [5.41, 5.74) is 3.87. The van der Waals surface area contributed by atoms with E-state index in [0.29, 0.717) is 23.7 Å². The Morgan fingerprint density at radius 3 is 2.81 bits per heavy atom. The van der Waals surface area contributed by atoms with Gasteiger partial charge in [0, 0.05) is 23.4 Å². The Kier molecular flexibility index (Phi) is 4.57. The van der Waals surface area contributed by atoms with Crippen molar-refractivity contribution >= 4 is 21.4 Å². The third kappa shape index (κ3) is 3.28. The van der Waals surface area contributed by atoms with Crippen LogP contribution >= 0.6 is 11.3 Å². The van der Waals surface area contributed by atoms with E-state index in [1.165, 1.54) is 15.6 Å². The molecule has 0 saturated heterocycles. The summed E-state index contributed by atoms with van der Waals surface area (Å²) in [6.07, 6.45) is 0.628. The van der Waals surface area contributed by atoms with Gasteiger partial charge in [0.25, 0.3) is 10.0 Å². The number of sulfonamides is 1. The van der Waals surface area contributed by atoms with Gasteiger partial charge in [0.05, 0.1) is 25.0 Å². The lowest BCUT2D eigenvalue weighted by Gasteiger charge is -2.24. The van der Waals surface area contributed by atoms with Crippen molar-refractivity contribution in [1.29, 1.82) is 0 Å². The molecule has 2 aromatic heterocycles. The third-order valence-corrected chi connectivity index (χ3v) is 8.14. The predicted octanol–water partition coefficient (Wildman–Crippen LogP) is 3.51. The summed E-state index contributed by atoms with van der Waals surface area (Å²) < 4.78 is 33.6. The summed E-state index contributed by atoms with van der Waals surface area (Å²) in [7, 11) is -1.93. The third-order valence-electron chi connectivity index (χ3n) is 4.71. The lowest BCUT2D eigenvalue weighted by Crippen LogP contribution is -2.35. The zero-order chi connectivity index (χ0) is 19.2. The van der Waals surface area contributed by atoms with Gasteiger partial charge in [0.15, 0.2) is 0 Å². The lowest BCUT2D eigenvalue weighted by molar-refractivity contribution is 0.386. The molecule has 0 atom stereocenters. The van der Waals surface area contributed by atoms with E-state index in [0.717, 1.165) is 39.0 Å². The number of hydrogen-bond donors (Lipinski definition) is 1. The van der Waals surface area contributed by atoms with E-state index in [1.807, 2.05) is 38.1 Å². The van der Waals surface area contributed by atoms with Crippen molar-refractivity contribution in [2.24, 2.45) is 0 Å². The number of hydrogen-bond acceptors (Lipinski definition) is 5. The second-order valence-corrected chi connectivity index (χ2v) is 9.91. The van der Waals surface area contributed by atoms with E-state index in [1.54, 1.807) is 13.2 Å². The van der Waals surface area contributed by atoms with Gasteiger partial charge in [-0.05, 0) is 38.1 Å². The average Bonchev–Trinajstić information content (AvgIpc) is 3.27. The van der Waals surface area contributed by atoms with E-state index < -0.39 is 10.0 Å². The SMILES string of the molecule is COc1ccc(C)cc1-c1ccc(S(=O)(=O)N2CCc3nc(C)[nH]c3C2)s1. The number of aromatic nitrogens is 2. The molecule has 0 fully saturated rings. The molecule has 4 rings (SSSR count). The van der Waals surface area contributed by atoms with Crippen LogP contribution < -0.4 is 4.74 Å². The summed E-state index contributed by atoms with van der Waals surface area (Å²) in [5, 5.41) is 0. The van der Waals surface area contributed by atoms with Gasteiger partial charge in [0.1, 0.15) is 15.8 Å². The fourth-order valence-corrected chi connectivity index (χ4v) is 6.25. The molecule has 27 heavy (non-hydrogen) atoms. The molecule has 6 nitrogen and oxygen atoms in total. The van der Waals surface area contributed by atoms with Crippen LogP contribution in [0.15, 0.2) is 34.5 Å². The fraction of sp³-hybridized carbons (Fsp3) is 0.316. The van der Waals surface area contributed by atoms with E-state index in [2.05, 4.69) is 9.97 Å². The molecule has 0 saturated carbocycles. The van der Waals surface area contributed by atoms with Gasteiger partial charge in [0.2, 0.25) is 0 Å². The number of nitrogens with zero attached hydrogens (tertiary/aromatic N) is 2. The summed E-state index contributed by atoms with van der Waals surface area (Å²) in [6, 6.07) is 9.44. The second kappa shape index (κ2) is 6.78. The summed E-state index contributed by atoms with van der Waals surface area (Å²) in [5.74, 6) is 1.56. The first-order valence-electron chi connectivity index (χ1n) is 8.68. The summed E-state index contributed by atoms with van der Waals surface area (Å²) >= 11 is 1.28. The number of fused-ring (bicyclic) bond motifs is 1. The maximum atomic E-state index is 13.1. The van der Waals surface area contributed by atoms with Gasteiger partial charge in [-0.2, -0.15) is 4.31 Å². The molecular formula is C19H21N3O3S2. The van der Waals surface area contributed by atoms with Crippen LogP contribution in [0.4, 0.5) is 0 Å². The molecule has 3 aromatic rings. The Morgan fingerprint density at radius 2 is 2.04 bits per heavy atom. The van der Waals surface area contributed by atoms with Crippen molar-refractivity contribution in [3.8, 4) is 16.2 Å². The highest BCUT2D eigenvalue weighted by Crippen LogP contribution is 2.38. The fourth-order valence-electron chi connectivity index (χ4n) is 3.36. The minimum Gasteiger partial charge on any atom is -0.496 e. The Balaban J connectivity index is 1.66. The predicted molar refractivity (Wildman–Crippen MR) is 106 cm³/mol. The number of imidazole rings is 1. The topological polar surface area (TPSA) is 75.3 Å². The molecule has 0 radical (unpaired) electrons. The number of thiophene rings is 1. The Hall–Kier alpha value is -2.16. The van der Waals surface area contributed by atoms with Crippen LogP contribution in [-0.4, -0.2) is 36.3 Å². The second-order valence-electron chi connectivity index (χ2n) is 6.66. The van der Waals surface area contributed by atoms with Gasteiger partial charge < -0.3 is 9.72 Å². The van der Waals surface area contributed by atoms with Crippen LogP contribution in [0.3, 0.4) is 0 Å². The number of rotatable bonds is 4. The molecule has 3 heterocycles. The normalized spacial score (nSPS) is 14.9. The van der Waals surface area contributed by atoms with E-state index in [4.69, 9.17) is 4.74 Å². The van der Waals surface area contributed by atoms with Crippen molar-refractivity contribution in [3.05, 3.63) is 53.1 Å². The van der Waals surface area contributed by atoms with Crippen molar-refractivity contribution in [2.45, 2.75) is 31.0 Å². The van der Waals surface area contributed by atoms with Crippen LogP contribution in [0.1, 0.15) is 22.8 Å². The average molecular weight is 404 g/mol. The first-order chi connectivity index (χ1) is 12.9. The van der Waals surface area contributed by atoms with E-state index >= 15 is 0 Å². The zero-order valence-electron chi connectivity index (χ0n) is 15.4. The summed E-state index contributed by atoms with van der Waals surface area (Å²) in [4.78, 5) is 8.47. The first-order valence-corrected chi connectivity index (χ1v) is 10.9. The molecule has 8 heteroatoms. The molecule has 1 aromatic carbocycles. The number of aryl methyl sites for hydroxylation is 2. The molecule has 1 aliphatic heterocycles. The molecule has 1 aliphatic rings. The van der Waals surface area contributed by atoms with E-state index in [-0.39, 0.29) is 0 Å². The molecular weight excluding hydrogens is 382 g/mol. The van der Waals surface area contributed by atoms with Crippen molar-refractivity contribution in [2.75, 3.05) is 13.7 Å². The summed E-state index contributed by atoms with van der Waals surface area (Å²) in [6.45, 7) is 4.67.